The molecule has 1 aliphatic rings. The lowest BCUT2D eigenvalue weighted by atomic mass is 10.1. The number of alkyl halides is 1. The van der Waals surface area contributed by atoms with E-state index in [0.717, 1.165) is 6.42 Å². The van der Waals surface area contributed by atoms with E-state index >= 15 is 0 Å². The number of fused-ring (bicyclic) bond motifs is 1. The van der Waals surface area contributed by atoms with Gasteiger partial charge in [-0.1, -0.05) is 52.3 Å². The maximum atomic E-state index is 12.5. The number of hydrogen-bond acceptors (Lipinski definition) is 2. The molecule has 2 aromatic rings. The Hall–Kier alpha value is -1.81. The van der Waals surface area contributed by atoms with Crippen LogP contribution in [0.2, 0.25) is 0 Å². The Labute approximate surface area is 132 Å². The quantitative estimate of drug-likeness (QED) is 0.864. The standard InChI is InChI=1S/C17H16BrNO2/c1-21-15-9-5-4-8-13(15)17(20)19-16-12-7-3-2-6-11(12)10-14(16)18/h2-9,14,16H,10H2,1H3,(H,19,20). The van der Waals surface area contributed by atoms with Gasteiger partial charge in [0.2, 0.25) is 0 Å². The van der Waals surface area contributed by atoms with E-state index in [1.165, 1.54) is 11.1 Å². The average Bonchev–Trinajstić information content (AvgIpc) is 2.83. The van der Waals surface area contributed by atoms with Gasteiger partial charge in [0.15, 0.2) is 0 Å². The fourth-order valence-electron chi connectivity index (χ4n) is 2.77. The van der Waals surface area contributed by atoms with Gasteiger partial charge in [0, 0.05) is 4.83 Å². The Balaban J connectivity index is 1.85. The number of rotatable bonds is 3. The highest BCUT2D eigenvalue weighted by Crippen LogP contribution is 2.36. The second kappa shape index (κ2) is 5.90. The van der Waals surface area contributed by atoms with Crippen molar-refractivity contribution in [3.05, 3.63) is 65.2 Å². The second-order valence-corrected chi connectivity index (χ2v) is 6.25. The van der Waals surface area contributed by atoms with E-state index in [1.807, 2.05) is 24.3 Å². The molecule has 0 saturated carbocycles. The van der Waals surface area contributed by atoms with Gasteiger partial charge < -0.3 is 10.1 Å². The maximum Gasteiger partial charge on any atom is 0.255 e. The van der Waals surface area contributed by atoms with Gasteiger partial charge in [0.05, 0.1) is 18.7 Å². The molecule has 2 aromatic carbocycles. The summed E-state index contributed by atoms with van der Waals surface area (Å²) in [4.78, 5) is 12.7. The molecule has 0 fully saturated rings. The molecule has 3 nitrogen and oxygen atoms in total. The Kier molecular flexibility index (Phi) is 3.97. The Bertz CT molecular complexity index is 671. The van der Waals surface area contributed by atoms with E-state index < -0.39 is 0 Å². The third-order valence-corrected chi connectivity index (χ3v) is 4.66. The van der Waals surface area contributed by atoms with E-state index in [1.54, 1.807) is 19.2 Å². The van der Waals surface area contributed by atoms with Gasteiger partial charge in [0.25, 0.3) is 5.91 Å². The van der Waals surface area contributed by atoms with E-state index in [0.29, 0.717) is 11.3 Å². The van der Waals surface area contributed by atoms with Crippen LogP contribution in [0.4, 0.5) is 0 Å². The number of carbonyl (C=O) groups is 1. The fraction of sp³-hybridized carbons (Fsp3) is 0.235. The zero-order valence-corrected chi connectivity index (χ0v) is 13.3. The molecule has 108 valence electrons. The molecule has 21 heavy (non-hydrogen) atoms. The van der Waals surface area contributed by atoms with E-state index in [4.69, 9.17) is 4.74 Å². The molecular weight excluding hydrogens is 330 g/mol. The number of hydrogen-bond donors (Lipinski definition) is 1. The molecule has 0 aromatic heterocycles. The Morgan fingerprint density at radius 1 is 1.19 bits per heavy atom. The van der Waals surface area contributed by atoms with Gasteiger partial charge in [-0.15, -0.1) is 0 Å². The van der Waals surface area contributed by atoms with Gasteiger partial charge in [-0.25, -0.2) is 0 Å². The molecule has 0 aliphatic heterocycles. The van der Waals surface area contributed by atoms with Crippen LogP contribution >= 0.6 is 15.9 Å². The van der Waals surface area contributed by atoms with Crippen LogP contribution < -0.4 is 10.1 Å². The van der Waals surface area contributed by atoms with Crippen molar-refractivity contribution >= 4 is 21.8 Å². The molecule has 4 heteroatoms. The predicted molar refractivity (Wildman–Crippen MR) is 86.1 cm³/mol. The summed E-state index contributed by atoms with van der Waals surface area (Å²) < 4.78 is 5.25. The zero-order valence-electron chi connectivity index (χ0n) is 11.7. The topological polar surface area (TPSA) is 38.3 Å². The molecule has 0 saturated heterocycles. The molecule has 1 N–H and O–H groups in total. The Morgan fingerprint density at radius 2 is 1.90 bits per heavy atom. The van der Waals surface area contributed by atoms with Gasteiger partial charge in [-0.3, -0.25) is 4.79 Å². The minimum atomic E-state index is -0.112. The molecular formula is C17H16BrNO2. The fourth-order valence-corrected chi connectivity index (χ4v) is 3.53. The highest BCUT2D eigenvalue weighted by atomic mass is 79.9. The summed E-state index contributed by atoms with van der Waals surface area (Å²) in [5.41, 5.74) is 3.02. The highest BCUT2D eigenvalue weighted by Gasteiger charge is 2.32. The number of carbonyl (C=O) groups excluding carboxylic acids is 1. The minimum Gasteiger partial charge on any atom is -0.496 e. The lowest BCUT2D eigenvalue weighted by Crippen LogP contribution is -2.31. The molecule has 0 radical (unpaired) electrons. The lowest BCUT2D eigenvalue weighted by Gasteiger charge is -2.18. The average molecular weight is 346 g/mol. The molecule has 0 spiro atoms. The molecule has 0 bridgehead atoms. The predicted octanol–water partition coefficient (Wildman–Crippen LogP) is 3.49. The molecule has 1 amide bonds. The first-order chi connectivity index (χ1) is 10.2. The van der Waals surface area contributed by atoms with Gasteiger partial charge in [-0.2, -0.15) is 0 Å². The number of halogens is 1. The van der Waals surface area contributed by atoms with Crippen molar-refractivity contribution in [3.63, 3.8) is 0 Å². The Morgan fingerprint density at radius 3 is 2.71 bits per heavy atom. The summed E-state index contributed by atoms with van der Waals surface area (Å²) in [5.74, 6) is 0.478. The molecule has 2 unspecified atom stereocenters. The summed E-state index contributed by atoms with van der Waals surface area (Å²) in [6.45, 7) is 0. The van der Waals surface area contributed by atoms with Gasteiger partial charge in [0.1, 0.15) is 5.75 Å². The summed E-state index contributed by atoms with van der Waals surface area (Å²) in [6, 6.07) is 15.5. The van der Waals surface area contributed by atoms with Crippen molar-refractivity contribution < 1.29 is 9.53 Å². The van der Waals surface area contributed by atoms with Crippen molar-refractivity contribution in [1.82, 2.24) is 5.32 Å². The smallest absolute Gasteiger partial charge is 0.255 e. The first-order valence-electron chi connectivity index (χ1n) is 6.86. The first-order valence-corrected chi connectivity index (χ1v) is 7.78. The normalized spacial score (nSPS) is 19.9. The van der Waals surface area contributed by atoms with E-state index in [-0.39, 0.29) is 16.8 Å². The highest BCUT2D eigenvalue weighted by molar-refractivity contribution is 9.09. The van der Waals surface area contributed by atoms with Crippen LogP contribution in [-0.4, -0.2) is 17.8 Å². The maximum absolute atomic E-state index is 12.5. The van der Waals surface area contributed by atoms with Crippen LogP contribution in [-0.2, 0) is 6.42 Å². The summed E-state index contributed by atoms with van der Waals surface area (Å²) >= 11 is 3.68. The van der Waals surface area contributed by atoms with Gasteiger partial charge in [-0.05, 0) is 29.7 Å². The third kappa shape index (κ3) is 2.68. The van der Waals surface area contributed by atoms with Crippen molar-refractivity contribution in [2.24, 2.45) is 0 Å². The second-order valence-electron chi connectivity index (χ2n) is 5.07. The summed E-state index contributed by atoms with van der Waals surface area (Å²) in [6.07, 6.45) is 0.924. The van der Waals surface area contributed by atoms with Crippen LogP contribution in [0.3, 0.4) is 0 Å². The first kappa shape index (κ1) is 14.1. The van der Waals surface area contributed by atoms with E-state index in [2.05, 4.69) is 33.4 Å². The number of methoxy groups -OCH3 is 1. The van der Waals surface area contributed by atoms with Crippen molar-refractivity contribution in [1.29, 1.82) is 0 Å². The number of amides is 1. The van der Waals surface area contributed by atoms with Crippen molar-refractivity contribution in [2.75, 3.05) is 7.11 Å². The van der Waals surface area contributed by atoms with Gasteiger partial charge >= 0.3 is 0 Å². The van der Waals surface area contributed by atoms with E-state index in [9.17, 15) is 4.79 Å². The van der Waals surface area contributed by atoms with Crippen LogP contribution in [0.1, 0.15) is 27.5 Å². The number of para-hydroxylation sites is 1. The molecule has 3 rings (SSSR count). The van der Waals surface area contributed by atoms with Crippen LogP contribution in [0.5, 0.6) is 5.75 Å². The SMILES string of the molecule is COc1ccccc1C(=O)NC1c2ccccc2CC1Br. The summed E-state index contributed by atoms with van der Waals surface area (Å²) in [7, 11) is 1.57. The lowest BCUT2D eigenvalue weighted by molar-refractivity contribution is 0.0935. The van der Waals surface area contributed by atoms with Crippen LogP contribution in [0.25, 0.3) is 0 Å². The van der Waals surface area contributed by atoms with Crippen LogP contribution in [0, 0.1) is 0 Å². The zero-order chi connectivity index (χ0) is 14.8. The van der Waals surface area contributed by atoms with Crippen LogP contribution in [0.15, 0.2) is 48.5 Å². The summed E-state index contributed by atoms with van der Waals surface area (Å²) in [5, 5.41) is 3.11. The van der Waals surface area contributed by atoms with Crippen molar-refractivity contribution in [3.8, 4) is 5.75 Å². The molecule has 2 atom stereocenters. The van der Waals surface area contributed by atoms with Crippen molar-refractivity contribution in [2.45, 2.75) is 17.3 Å². The molecule has 0 heterocycles. The number of ether oxygens (including phenoxy) is 1. The monoisotopic (exact) mass is 345 g/mol. The number of benzene rings is 2. The minimum absolute atomic E-state index is 0.0152. The number of nitrogens with one attached hydrogen (secondary N) is 1. The largest absolute Gasteiger partial charge is 0.496 e. The third-order valence-electron chi connectivity index (χ3n) is 3.80. The molecule has 1 aliphatic carbocycles.